The van der Waals surface area contributed by atoms with Crippen LogP contribution in [0, 0.1) is 17.8 Å². The molecule has 0 spiro atoms. The third-order valence-corrected chi connectivity index (χ3v) is 5.08. The smallest absolute Gasteiger partial charge is 0.00673 e. The van der Waals surface area contributed by atoms with Gasteiger partial charge < -0.3 is 5.73 Å². The largest absolute Gasteiger partial charge is 0.327 e. The number of nitrogens with two attached hydrogens (primary N) is 1. The van der Waals surface area contributed by atoms with E-state index in [0.717, 1.165) is 17.8 Å². The van der Waals surface area contributed by atoms with Crippen LogP contribution in [0.15, 0.2) is 0 Å². The van der Waals surface area contributed by atoms with E-state index in [0.29, 0.717) is 6.04 Å². The predicted molar refractivity (Wildman–Crippen MR) is 75.9 cm³/mol. The first-order valence-electron chi connectivity index (χ1n) is 6.98. The molecule has 16 heavy (non-hydrogen) atoms. The maximum absolute atomic E-state index is 6.25. The minimum atomic E-state index is 0.488. The first kappa shape index (κ1) is 14.4. The maximum atomic E-state index is 6.25. The fourth-order valence-corrected chi connectivity index (χ4v) is 3.51. The summed E-state index contributed by atoms with van der Waals surface area (Å²) in [5.74, 6) is 5.17. The summed E-state index contributed by atoms with van der Waals surface area (Å²) in [6, 6.07) is 0.488. The summed E-state index contributed by atoms with van der Waals surface area (Å²) in [6.07, 6.45) is 6.72. The van der Waals surface area contributed by atoms with E-state index in [9.17, 15) is 0 Å². The van der Waals surface area contributed by atoms with Crippen molar-refractivity contribution in [3.05, 3.63) is 0 Å². The summed E-state index contributed by atoms with van der Waals surface area (Å²) in [5.41, 5.74) is 6.25. The molecule has 0 saturated heterocycles. The molecule has 3 unspecified atom stereocenters. The molecule has 0 bridgehead atoms. The van der Waals surface area contributed by atoms with Crippen molar-refractivity contribution in [1.29, 1.82) is 0 Å². The zero-order valence-corrected chi connectivity index (χ0v) is 12.1. The minimum absolute atomic E-state index is 0.488. The van der Waals surface area contributed by atoms with Crippen LogP contribution < -0.4 is 5.73 Å². The molecule has 0 heterocycles. The predicted octanol–water partition coefficient (Wildman–Crippen LogP) is 3.92. The number of thioether (sulfide) groups is 1. The molecule has 1 nitrogen and oxygen atoms in total. The van der Waals surface area contributed by atoms with Crippen molar-refractivity contribution in [2.75, 3.05) is 11.5 Å². The van der Waals surface area contributed by atoms with Gasteiger partial charge in [0.05, 0.1) is 0 Å². The Morgan fingerprint density at radius 1 is 1.31 bits per heavy atom. The highest BCUT2D eigenvalue weighted by Crippen LogP contribution is 2.35. The van der Waals surface area contributed by atoms with Crippen LogP contribution in [0.2, 0.25) is 0 Å². The quantitative estimate of drug-likeness (QED) is 0.716. The standard InChI is InChI=1S/C14H29NS/c1-4-16-9-5-6-13-10-12(11(2)3)7-8-14(13)15/h11-14H,4-10,15H2,1-3H3. The van der Waals surface area contributed by atoms with Gasteiger partial charge in [0.25, 0.3) is 0 Å². The first-order valence-corrected chi connectivity index (χ1v) is 8.14. The zero-order valence-electron chi connectivity index (χ0n) is 11.2. The van der Waals surface area contributed by atoms with Crippen LogP contribution in [0.5, 0.6) is 0 Å². The fourth-order valence-electron chi connectivity index (χ4n) is 2.85. The normalized spacial score (nSPS) is 30.9. The molecule has 0 aromatic heterocycles. The van der Waals surface area contributed by atoms with Crippen molar-refractivity contribution in [3.63, 3.8) is 0 Å². The highest BCUT2D eigenvalue weighted by Gasteiger charge is 2.28. The summed E-state index contributed by atoms with van der Waals surface area (Å²) in [5, 5.41) is 0. The van der Waals surface area contributed by atoms with Gasteiger partial charge >= 0.3 is 0 Å². The first-order chi connectivity index (χ1) is 7.65. The Kier molecular flexibility index (Phi) is 6.83. The average Bonchev–Trinajstić information content (AvgIpc) is 2.26. The lowest BCUT2D eigenvalue weighted by molar-refractivity contribution is 0.182. The molecule has 0 amide bonds. The van der Waals surface area contributed by atoms with Gasteiger partial charge in [-0.1, -0.05) is 20.8 Å². The highest BCUT2D eigenvalue weighted by molar-refractivity contribution is 7.99. The van der Waals surface area contributed by atoms with Crippen LogP contribution in [-0.4, -0.2) is 17.5 Å². The van der Waals surface area contributed by atoms with Crippen molar-refractivity contribution in [2.45, 2.75) is 58.9 Å². The topological polar surface area (TPSA) is 26.0 Å². The van der Waals surface area contributed by atoms with Crippen LogP contribution in [-0.2, 0) is 0 Å². The molecule has 0 aromatic rings. The minimum Gasteiger partial charge on any atom is -0.327 e. The van der Waals surface area contributed by atoms with E-state index in [1.165, 1.54) is 43.6 Å². The molecule has 0 aliphatic heterocycles. The summed E-state index contributed by atoms with van der Waals surface area (Å²) in [6.45, 7) is 6.98. The Labute approximate surface area is 106 Å². The third-order valence-electron chi connectivity index (χ3n) is 4.09. The molecule has 2 N–H and O–H groups in total. The molecule has 1 aliphatic carbocycles. The lowest BCUT2D eigenvalue weighted by Gasteiger charge is -2.36. The molecule has 96 valence electrons. The van der Waals surface area contributed by atoms with Crippen molar-refractivity contribution >= 4 is 11.8 Å². The molecule has 1 saturated carbocycles. The van der Waals surface area contributed by atoms with Crippen molar-refractivity contribution in [3.8, 4) is 0 Å². The zero-order chi connectivity index (χ0) is 12.0. The Morgan fingerprint density at radius 3 is 2.69 bits per heavy atom. The van der Waals surface area contributed by atoms with E-state index in [4.69, 9.17) is 5.73 Å². The van der Waals surface area contributed by atoms with E-state index >= 15 is 0 Å². The Balaban J connectivity index is 2.26. The second kappa shape index (κ2) is 7.60. The Morgan fingerprint density at radius 2 is 2.06 bits per heavy atom. The van der Waals surface area contributed by atoms with Gasteiger partial charge in [-0.25, -0.2) is 0 Å². The maximum Gasteiger partial charge on any atom is 0.00673 e. The molecule has 2 heteroatoms. The van der Waals surface area contributed by atoms with E-state index in [1.54, 1.807) is 0 Å². The Bertz CT molecular complexity index is 182. The van der Waals surface area contributed by atoms with Gasteiger partial charge in [-0.05, 0) is 61.4 Å². The molecule has 0 aromatic carbocycles. The summed E-state index contributed by atoms with van der Waals surface area (Å²) >= 11 is 2.06. The van der Waals surface area contributed by atoms with Crippen LogP contribution in [0.1, 0.15) is 52.9 Å². The fraction of sp³-hybridized carbons (Fsp3) is 1.00. The summed E-state index contributed by atoms with van der Waals surface area (Å²) in [4.78, 5) is 0. The van der Waals surface area contributed by atoms with Gasteiger partial charge in [0.1, 0.15) is 0 Å². The van der Waals surface area contributed by atoms with E-state index < -0.39 is 0 Å². The second-order valence-corrected chi connectivity index (χ2v) is 6.97. The van der Waals surface area contributed by atoms with Gasteiger partial charge in [-0.15, -0.1) is 0 Å². The molecular weight excluding hydrogens is 214 g/mol. The van der Waals surface area contributed by atoms with Gasteiger partial charge in [-0.3, -0.25) is 0 Å². The second-order valence-electron chi connectivity index (χ2n) is 5.58. The number of hydrogen-bond donors (Lipinski definition) is 1. The molecule has 3 atom stereocenters. The monoisotopic (exact) mass is 243 g/mol. The van der Waals surface area contributed by atoms with Crippen LogP contribution in [0.3, 0.4) is 0 Å². The van der Waals surface area contributed by atoms with E-state index in [2.05, 4.69) is 32.5 Å². The number of rotatable bonds is 6. The van der Waals surface area contributed by atoms with Crippen LogP contribution in [0.25, 0.3) is 0 Å². The van der Waals surface area contributed by atoms with Crippen LogP contribution >= 0.6 is 11.8 Å². The summed E-state index contributed by atoms with van der Waals surface area (Å²) < 4.78 is 0. The SMILES string of the molecule is CCSCCCC1CC(C(C)C)CCC1N. The van der Waals surface area contributed by atoms with E-state index in [1.807, 2.05) is 0 Å². The Hall–Kier alpha value is 0.310. The lowest BCUT2D eigenvalue weighted by atomic mass is 9.72. The van der Waals surface area contributed by atoms with Gasteiger partial charge in [0.2, 0.25) is 0 Å². The van der Waals surface area contributed by atoms with Crippen molar-refractivity contribution in [2.24, 2.45) is 23.5 Å². The number of hydrogen-bond acceptors (Lipinski definition) is 2. The third kappa shape index (κ3) is 4.67. The molecule has 0 radical (unpaired) electrons. The molecule has 1 rings (SSSR count). The van der Waals surface area contributed by atoms with E-state index in [-0.39, 0.29) is 0 Å². The highest BCUT2D eigenvalue weighted by atomic mass is 32.2. The molecule has 1 fully saturated rings. The van der Waals surface area contributed by atoms with Crippen molar-refractivity contribution < 1.29 is 0 Å². The van der Waals surface area contributed by atoms with Crippen LogP contribution in [0.4, 0.5) is 0 Å². The molecule has 1 aliphatic rings. The van der Waals surface area contributed by atoms with Gasteiger partial charge in [-0.2, -0.15) is 11.8 Å². The average molecular weight is 243 g/mol. The van der Waals surface area contributed by atoms with Gasteiger partial charge in [0, 0.05) is 6.04 Å². The summed E-state index contributed by atoms with van der Waals surface area (Å²) in [7, 11) is 0. The van der Waals surface area contributed by atoms with Crippen molar-refractivity contribution in [1.82, 2.24) is 0 Å². The van der Waals surface area contributed by atoms with Gasteiger partial charge in [0.15, 0.2) is 0 Å². The molecular formula is C14H29NS. The lowest BCUT2D eigenvalue weighted by Crippen LogP contribution is -2.37.